The highest BCUT2D eigenvalue weighted by molar-refractivity contribution is 6.04. The third-order valence-electron chi connectivity index (χ3n) is 3.56. The number of aromatic nitrogens is 2. The summed E-state index contributed by atoms with van der Waals surface area (Å²) < 4.78 is 6.94. The van der Waals surface area contributed by atoms with Gasteiger partial charge in [-0.25, -0.2) is 0 Å². The number of anilines is 2. The molecule has 0 unspecified atom stereocenters. The van der Waals surface area contributed by atoms with Crippen molar-refractivity contribution in [2.45, 2.75) is 0 Å². The van der Waals surface area contributed by atoms with Crippen LogP contribution in [0.3, 0.4) is 0 Å². The molecule has 0 bridgehead atoms. The maximum absolute atomic E-state index is 12.3. The smallest absolute Gasteiger partial charge is 0.273 e. The van der Waals surface area contributed by atoms with Crippen LogP contribution >= 0.6 is 0 Å². The topological polar surface area (TPSA) is 59.4 Å². The zero-order valence-electron chi connectivity index (χ0n) is 12.0. The van der Waals surface area contributed by atoms with Gasteiger partial charge in [-0.3, -0.25) is 9.48 Å². The summed E-state index contributed by atoms with van der Waals surface area (Å²) in [5.41, 5.74) is 2.37. The Morgan fingerprint density at radius 1 is 1.24 bits per heavy atom. The van der Waals surface area contributed by atoms with Crippen LogP contribution in [0, 0.1) is 0 Å². The molecule has 3 rings (SSSR count). The number of morpholine rings is 1. The van der Waals surface area contributed by atoms with Crippen LogP contribution in [0.2, 0.25) is 0 Å². The van der Waals surface area contributed by atoms with Gasteiger partial charge in [0.1, 0.15) is 5.69 Å². The number of benzene rings is 1. The molecule has 0 spiro atoms. The van der Waals surface area contributed by atoms with Crippen molar-refractivity contribution >= 4 is 17.3 Å². The summed E-state index contributed by atoms with van der Waals surface area (Å²) in [5, 5.41) is 6.99. The van der Waals surface area contributed by atoms with Crippen molar-refractivity contribution in [1.29, 1.82) is 0 Å². The zero-order chi connectivity index (χ0) is 14.7. The highest BCUT2D eigenvalue weighted by Gasteiger charge is 2.17. The number of rotatable bonds is 3. The van der Waals surface area contributed by atoms with Gasteiger partial charge in [0.25, 0.3) is 5.91 Å². The fraction of sp³-hybridized carbons (Fsp3) is 0.333. The van der Waals surface area contributed by atoms with E-state index in [1.54, 1.807) is 24.0 Å². The van der Waals surface area contributed by atoms with Gasteiger partial charge in [-0.2, -0.15) is 5.10 Å². The van der Waals surface area contributed by atoms with Crippen molar-refractivity contribution < 1.29 is 9.53 Å². The first-order chi connectivity index (χ1) is 10.3. The average Bonchev–Trinajstić information content (AvgIpc) is 2.95. The minimum atomic E-state index is -0.157. The quantitative estimate of drug-likeness (QED) is 0.929. The predicted molar refractivity (Wildman–Crippen MR) is 80.6 cm³/mol. The minimum Gasteiger partial charge on any atom is -0.378 e. The summed E-state index contributed by atoms with van der Waals surface area (Å²) in [4.78, 5) is 14.5. The van der Waals surface area contributed by atoms with Gasteiger partial charge in [0.15, 0.2) is 0 Å². The molecular weight excluding hydrogens is 268 g/mol. The molecule has 1 aliphatic heterocycles. The molecule has 6 nitrogen and oxygen atoms in total. The number of para-hydroxylation sites is 2. The normalized spacial score (nSPS) is 15.0. The first-order valence-electron chi connectivity index (χ1n) is 6.97. The van der Waals surface area contributed by atoms with Gasteiger partial charge in [0.05, 0.1) is 24.6 Å². The van der Waals surface area contributed by atoms with Crippen LogP contribution in [0.5, 0.6) is 0 Å². The number of carbonyl (C=O) groups is 1. The van der Waals surface area contributed by atoms with Crippen LogP contribution in [-0.2, 0) is 11.8 Å². The highest BCUT2D eigenvalue weighted by atomic mass is 16.5. The number of hydrogen-bond acceptors (Lipinski definition) is 4. The number of ether oxygens (including phenoxy) is 1. The summed E-state index contributed by atoms with van der Waals surface area (Å²) in [6.07, 6.45) is 1.61. The predicted octanol–water partition coefficient (Wildman–Crippen LogP) is 1.51. The average molecular weight is 286 g/mol. The maximum Gasteiger partial charge on any atom is 0.273 e. The molecular formula is C15H18N4O2. The summed E-state index contributed by atoms with van der Waals surface area (Å²) in [7, 11) is 1.75. The Morgan fingerprint density at radius 3 is 2.71 bits per heavy atom. The number of nitrogens with zero attached hydrogens (tertiary/aromatic N) is 3. The van der Waals surface area contributed by atoms with E-state index in [2.05, 4.69) is 15.3 Å². The second-order valence-electron chi connectivity index (χ2n) is 4.91. The molecule has 0 radical (unpaired) electrons. The molecule has 1 aromatic heterocycles. The number of hydrogen-bond donors (Lipinski definition) is 1. The lowest BCUT2D eigenvalue weighted by Crippen LogP contribution is -2.36. The van der Waals surface area contributed by atoms with E-state index >= 15 is 0 Å². The van der Waals surface area contributed by atoms with Gasteiger partial charge in [-0.05, 0) is 18.2 Å². The molecule has 2 aromatic rings. The lowest BCUT2D eigenvalue weighted by molar-refractivity contribution is 0.101. The number of aryl methyl sites for hydroxylation is 1. The first kappa shape index (κ1) is 13.6. The second kappa shape index (κ2) is 5.97. The van der Waals surface area contributed by atoms with Crippen LogP contribution in [0.4, 0.5) is 11.4 Å². The van der Waals surface area contributed by atoms with Crippen molar-refractivity contribution in [3.8, 4) is 0 Å². The SMILES string of the molecule is Cn1nccc1C(=O)Nc1ccccc1N1CCOCC1. The van der Waals surface area contributed by atoms with Crippen LogP contribution in [-0.4, -0.2) is 42.0 Å². The summed E-state index contributed by atoms with van der Waals surface area (Å²) in [6.45, 7) is 3.09. The standard InChI is InChI=1S/C15H18N4O2/c1-18-14(6-7-16-18)15(20)17-12-4-2-3-5-13(12)19-8-10-21-11-9-19/h2-7H,8-11H2,1H3,(H,17,20). The lowest BCUT2D eigenvalue weighted by Gasteiger charge is -2.30. The molecule has 6 heteroatoms. The van der Waals surface area contributed by atoms with Crippen LogP contribution < -0.4 is 10.2 Å². The maximum atomic E-state index is 12.3. The first-order valence-corrected chi connectivity index (χ1v) is 6.97. The van der Waals surface area contributed by atoms with E-state index in [-0.39, 0.29) is 5.91 Å². The van der Waals surface area contributed by atoms with E-state index in [4.69, 9.17) is 4.74 Å². The Balaban J connectivity index is 1.82. The van der Waals surface area contributed by atoms with Gasteiger partial charge in [0.2, 0.25) is 0 Å². The molecule has 1 amide bonds. The van der Waals surface area contributed by atoms with E-state index in [9.17, 15) is 4.79 Å². The molecule has 1 saturated heterocycles. The highest BCUT2D eigenvalue weighted by Crippen LogP contribution is 2.26. The lowest BCUT2D eigenvalue weighted by atomic mass is 10.2. The third-order valence-corrected chi connectivity index (χ3v) is 3.56. The van der Waals surface area contributed by atoms with Crippen molar-refractivity contribution in [3.05, 3.63) is 42.2 Å². The molecule has 110 valence electrons. The van der Waals surface area contributed by atoms with Crippen LogP contribution in [0.25, 0.3) is 0 Å². The van der Waals surface area contributed by atoms with Gasteiger partial charge in [-0.15, -0.1) is 0 Å². The largest absolute Gasteiger partial charge is 0.378 e. The second-order valence-corrected chi connectivity index (χ2v) is 4.91. The molecule has 0 saturated carbocycles. The summed E-state index contributed by atoms with van der Waals surface area (Å²) in [6, 6.07) is 9.53. The Labute approximate surface area is 123 Å². The van der Waals surface area contributed by atoms with Crippen molar-refractivity contribution in [1.82, 2.24) is 9.78 Å². The summed E-state index contributed by atoms with van der Waals surface area (Å²) >= 11 is 0. The van der Waals surface area contributed by atoms with Crippen molar-refractivity contribution in [3.63, 3.8) is 0 Å². The molecule has 1 N–H and O–H groups in total. The molecule has 21 heavy (non-hydrogen) atoms. The van der Waals surface area contributed by atoms with Gasteiger partial charge in [0, 0.05) is 26.3 Å². The van der Waals surface area contributed by atoms with Crippen LogP contribution in [0.15, 0.2) is 36.5 Å². The molecule has 1 aliphatic rings. The Bertz CT molecular complexity index is 632. The number of nitrogens with one attached hydrogen (secondary N) is 1. The summed E-state index contributed by atoms with van der Waals surface area (Å²) in [5.74, 6) is -0.157. The fourth-order valence-electron chi connectivity index (χ4n) is 2.44. The van der Waals surface area contributed by atoms with Crippen LogP contribution in [0.1, 0.15) is 10.5 Å². The van der Waals surface area contributed by atoms with Gasteiger partial charge < -0.3 is 15.0 Å². The molecule has 1 fully saturated rings. The van der Waals surface area contributed by atoms with E-state index in [1.807, 2.05) is 24.3 Å². The number of carbonyl (C=O) groups excluding carboxylic acids is 1. The Kier molecular flexibility index (Phi) is 3.87. The van der Waals surface area contributed by atoms with Crippen molar-refractivity contribution in [2.24, 2.45) is 7.05 Å². The molecule has 0 aliphatic carbocycles. The Morgan fingerprint density at radius 2 is 2.00 bits per heavy atom. The monoisotopic (exact) mass is 286 g/mol. The van der Waals surface area contributed by atoms with Gasteiger partial charge >= 0.3 is 0 Å². The van der Waals surface area contributed by atoms with Gasteiger partial charge in [-0.1, -0.05) is 12.1 Å². The van der Waals surface area contributed by atoms with E-state index in [0.717, 1.165) is 24.5 Å². The zero-order valence-corrected chi connectivity index (χ0v) is 12.0. The van der Waals surface area contributed by atoms with E-state index in [0.29, 0.717) is 18.9 Å². The fourth-order valence-corrected chi connectivity index (χ4v) is 2.44. The van der Waals surface area contributed by atoms with Crippen molar-refractivity contribution in [2.75, 3.05) is 36.5 Å². The van der Waals surface area contributed by atoms with E-state index < -0.39 is 0 Å². The Hall–Kier alpha value is -2.34. The minimum absolute atomic E-state index is 0.157. The number of amides is 1. The molecule has 2 heterocycles. The molecule has 0 atom stereocenters. The van der Waals surface area contributed by atoms with E-state index in [1.165, 1.54) is 0 Å². The third kappa shape index (κ3) is 2.90. The molecule has 1 aromatic carbocycles.